The lowest BCUT2D eigenvalue weighted by Gasteiger charge is -2.41. The van der Waals surface area contributed by atoms with E-state index in [1.165, 1.54) is 22.3 Å². The van der Waals surface area contributed by atoms with Gasteiger partial charge in [0.15, 0.2) is 0 Å². The number of benzene rings is 2. The van der Waals surface area contributed by atoms with E-state index in [-0.39, 0.29) is 5.91 Å². The van der Waals surface area contributed by atoms with Gasteiger partial charge in [0.2, 0.25) is 5.91 Å². The van der Waals surface area contributed by atoms with Gasteiger partial charge in [-0.05, 0) is 66.6 Å². The molecule has 1 unspecified atom stereocenters. The van der Waals surface area contributed by atoms with E-state index in [1.807, 2.05) is 12.1 Å². The van der Waals surface area contributed by atoms with Crippen molar-refractivity contribution in [1.29, 1.82) is 0 Å². The van der Waals surface area contributed by atoms with Gasteiger partial charge in [0.25, 0.3) is 0 Å². The fourth-order valence-electron chi connectivity index (χ4n) is 4.45. The number of carbonyl (C=O) groups excluding carboxylic acids is 1. The van der Waals surface area contributed by atoms with Gasteiger partial charge in [0, 0.05) is 25.7 Å². The number of amides is 1. The van der Waals surface area contributed by atoms with Crippen LogP contribution in [-0.2, 0) is 24.1 Å². The van der Waals surface area contributed by atoms with E-state index in [1.54, 1.807) is 12.1 Å². The van der Waals surface area contributed by atoms with Crippen LogP contribution in [0, 0.1) is 11.8 Å². The zero-order valence-corrected chi connectivity index (χ0v) is 16.4. The zero-order chi connectivity index (χ0) is 19.5. The second-order valence-electron chi connectivity index (χ2n) is 8.04. The molecule has 0 N–H and O–H groups in total. The number of rotatable bonds is 5. The van der Waals surface area contributed by atoms with Crippen LogP contribution in [0.3, 0.4) is 0 Å². The highest BCUT2D eigenvalue weighted by Crippen LogP contribution is 2.26. The number of hydrogen-bond acceptors (Lipinski definition) is 4. The minimum atomic E-state index is 0.257. The summed E-state index contributed by atoms with van der Waals surface area (Å²) < 4.78 is 0. The number of carbonyl (C=O) groups is 1. The molecule has 0 saturated carbocycles. The maximum absolute atomic E-state index is 12.8. The van der Waals surface area contributed by atoms with Gasteiger partial charge in [-0.2, -0.15) is 0 Å². The quantitative estimate of drug-likeness (QED) is 0.748. The second-order valence-corrected chi connectivity index (χ2v) is 8.04. The Morgan fingerprint density at radius 3 is 2.64 bits per heavy atom. The van der Waals surface area contributed by atoms with E-state index in [0.29, 0.717) is 18.3 Å². The van der Waals surface area contributed by atoms with E-state index in [0.717, 1.165) is 45.3 Å². The van der Waals surface area contributed by atoms with Crippen molar-refractivity contribution in [1.82, 2.24) is 9.80 Å². The molecule has 146 valence electrons. The lowest BCUT2D eigenvalue weighted by Crippen LogP contribution is -2.55. The summed E-state index contributed by atoms with van der Waals surface area (Å²) in [5, 5.41) is 2.93. The summed E-state index contributed by atoms with van der Waals surface area (Å²) in [6, 6.07) is 14.4. The van der Waals surface area contributed by atoms with Gasteiger partial charge in [-0.1, -0.05) is 35.9 Å². The minimum absolute atomic E-state index is 0.257. The molecular formula is C23H27N3O2. The molecule has 1 amide bonds. The number of fused-ring (bicyclic) bond motifs is 1. The van der Waals surface area contributed by atoms with Crippen molar-refractivity contribution in [2.45, 2.75) is 38.6 Å². The fourth-order valence-corrected chi connectivity index (χ4v) is 4.45. The van der Waals surface area contributed by atoms with Gasteiger partial charge in [-0.25, -0.2) is 0 Å². The largest absolute Gasteiger partial charge is 0.337 e. The summed E-state index contributed by atoms with van der Waals surface area (Å²) in [6.45, 7) is 5.25. The van der Waals surface area contributed by atoms with Crippen molar-refractivity contribution in [3.8, 4) is 0 Å². The van der Waals surface area contributed by atoms with Crippen LogP contribution >= 0.6 is 0 Å². The molecule has 0 aromatic heterocycles. The van der Waals surface area contributed by atoms with Crippen LogP contribution in [0.4, 0.5) is 5.69 Å². The molecule has 1 heterocycles. The van der Waals surface area contributed by atoms with Crippen LogP contribution in [0.15, 0.2) is 47.6 Å². The van der Waals surface area contributed by atoms with Gasteiger partial charge >= 0.3 is 0 Å². The Morgan fingerprint density at radius 1 is 1.07 bits per heavy atom. The van der Waals surface area contributed by atoms with Gasteiger partial charge in [0.05, 0.1) is 6.54 Å². The molecule has 1 atom stereocenters. The van der Waals surface area contributed by atoms with Gasteiger partial charge in [-0.3, -0.25) is 9.69 Å². The summed E-state index contributed by atoms with van der Waals surface area (Å²) >= 11 is 0. The molecule has 0 bridgehead atoms. The Balaban J connectivity index is 1.31. The summed E-state index contributed by atoms with van der Waals surface area (Å²) in [5.74, 6) is 0.257. The van der Waals surface area contributed by atoms with Crippen molar-refractivity contribution in [3.05, 3.63) is 69.6 Å². The highest BCUT2D eigenvalue weighted by atomic mass is 16.3. The van der Waals surface area contributed by atoms with Crippen LogP contribution in [0.5, 0.6) is 0 Å². The standard InChI is InChI=1S/C23H27N3O2/c1-17-2-5-20-15-22(9-6-19(20)14-17)26-13-12-25(16-23(26)27)11-10-18-3-7-21(24-28)8-4-18/h2-5,7-8,14,22H,6,9-13,15-16H2,1H3. The first-order valence-corrected chi connectivity index (χ1v) is 10.1. The number of piperazine rings is 1. The van der Waals surface area contributed by atoms with E-state index >= 15 is 0 Å². The molecule has 0 radical (unpaired) electrons. The third-order valence-corrected chi connectivity index (χ3v) is 6.10. The molecule has 0 spiro atoms. The molecule has 4 rings (SSSR count). The average Bonchev–Trinajstić information content (AvgIpc) is 2.72. The predicted octanol–water partition coefficient (Wildman–Crippen LogP) is 3.64. The first-order valence-electron chi connectivity index (χ1n) is 10.1. The van der Waals surface area contributed by atoms with Crippen LogP contribution in [0.1, 0.15) is 28.7 Å². The summed E-state index contributed by atoms with van der Waals surface area (Å²) in [4.78, 5) is 27.7. The van der Waals surface area contributed by atoms with Gasteiger partial charge < -0.3 is 4.90 Å². The van der Waals surface area contributed by atoms with Crippen LogP contribution < -0.4 is 0 Å². The lowest BCUT2D eigenvalue weighted by molar-refractivity contribution is -0.138. The Morgan fingerprint density at radius 2 is 1.89 bits per heavy atom. The average molecular weight is 377 g/mol. The Kier molecular flexibility index (Phi) is 5.53. The third-order valence-electron chi connectivity index (χ3n) is 6.10. The van der Waals surface area contributed by atoms with Crippen LogP contribution in [0.25, 0.3) is 0 Å². The fraction of sp³-hybridized carbons (Fsp3) is 0.435. The first kappa shape index (κ1) is 18.8. The van der Waals surface area contributed by atoms with Crippen LogP contribution in [-0.4, -0.2) is 47.9 Å². The molecular weight excluding hydrogens is 350 g/mol. The molecule has 2 aromatic rings. The van der Waals surface area contributed by atoms with E-state index in [9.17, 15) is 9.70 Å². The van der Waals surface area contributed by atoms with Crippen molar-refractivity contribution < 1.29 is 4.79 Å². The molecule has 2 aliphatic rings. The smallest absolute Gasteiger partial charge is 0.237 e. The van der Waals surface area contributed by atoms with Gasteiger partial charge in [0.1, 0.15) is 5.69 Å². The molecule has 1 aliphatic carbocycles. The molecule has 1 fully saturated rings. The topological polar surface area (TPSA) is 53.0 Å². The molecule has 5 heteroatoms. The minimum Gasteiger partial charge on any atom is -0.337 e. The Labute approximate surface area is 166 Å². The maximum atomic E-state index is 12.8. The monoisotopic (exact) mass is 377 g/mol. The van der Waals surface area contributed by atoms with Crippen molar-refractivity contribution in [3.63, 3.8) is 0 Å². The molecule has 2 aromatic carbocycles. The number of hydrogen-bond donors (Lipinski definition) is 0. The normalized spacial score (nSPS) is 20.1. The molecule has 1 aliphatic heterocycles. The second kappa shape index (κ2) is 8.23. The predicted molar refractivity (Wildman–Crippen MR) is 111 cm³/mol. The van der Waals surface area contributed by atoms with E-state index in [4.69, 9.17) is 0 Å². The summed E-state index contributed by atoms with van der Waals surface area (Å²) in [7, 11) is 0. The molecule has 28 heavy (non-hydrogen) atoms. The Hall–Kier alpha value is -2.53. The van der Waals surface area contributed by atoms with Crippen molar-refractivity contribution in [2.75, 3.05) is 26.2 Å². The first-order chi connectivity index (χ1) is 13.6. The van der Waals surface area contributed by atoms with Crippen LogP contribution in [0.2, 0.25) is 0 Å². The highest BCUT2D eigenvalue weighted by Gasteiger charge is 2.31. The highest BCUT2D eigenvalue weighted by molar-refractivity contribution is 5.79. The summed E-state index contributed by atoms with van der Waals surface area (Å²) in [5.41, 5.74) is 5.81. The summed E-state index contributed by atoms with van der Waals surface area (Å²) in [6.07, 6.45) is 4.00. The molecule has 5 nitrogen and oxygen atoms in total. The SMILES string of the molecule is Cc1ccc2c(c1)CCC(N1CCN(CCc3ccc(N=O)cc3)CC1=O)C2. The van der Waals surface area contributed by atoms with Crippen molar-refractivity contribution >= 4 is 11.6 Å². The zero-order valence-electron chi connectivity index (χ0n) is 16.4. The molecule has 1 saturated heterocycles. The number of aryl methyl sites for hydroxylation is 2. The number of nitrogens with zero attached hydrogens (tertiary/aromatic N) is 3. The van der Waals surface area contributed by atoms with E-state index < -0.39 is 0 Å². The Bertz CT molecular complexity index is 863. The van der Waals surface area contributed by atoms with Gasteiger partial charge in [-0.15, -0.1) is 4.91 Å². The third kappa shape index (κ3) is 4.14. The maximum Gasteiger partial charge on any atom is 0.237 e. The number of nitroso groups, excluding NO2 is 1. The van der Waals surface area contributed by atoms with E-state index in [2.05, 4.69) is 40.1 Å². The van der Waals surface area contributed by atoms with Crippen molar-refractivity contribution in [2.24, 2.45) is 5.18 Å². The lowest BCUT2D eigenvalue weighted by atomic mass is 9.86.